The normalized spacial score (nSPS) is 13.7. The maximum atomic E-state index is 12.2. The third kappa shape index (κ3) is 4.62. The van der Waals surface area contributed by atoms with Gasteiger partial charge in [-0.2, -0.15) is 0 Å². The van der Waals surface area contributed by atoms with Gasteiger partial charge in [-0.1, -0.05) is 48.5 Å². The highest BCUT2D eigenvalue weighted by atomic mass is 16.5. The van der Waals surface area contributed by atoms with E-state index in [-0.39, 0.29) is 18.9 Å². The van der Waals surface area contributed by atoms with Gasteiger partial charge in [0.15, 0.2) is 0 Å². The van der Waals surface area contributed by atoms with Crippen LogP contribution in [0.2, 0.25) is 0 Å². The molecule has 0 saturated heterocycles. The molecule has 7 nitrogen and oxygen atoms in total. The number of benzene rings is 2. The highest BCUT2D eigenvalue weighted by Gasteiger charge is 2.30. The van der Waals surface area contributed by atoms with Gasteiger partial charge in [-0.25, -0.2) is 9.59 Å². The van der Waals surface area contributed by atoms with E-state index >= 15 is 0 Å². The van der Waals surface area contributed by atoms with E-state index in [4.69, 9.17) is 9.84 Å². The summed E-state index contributed by atoms with van der Waals surface area (Å²) in [5.74, 6) is -1.64. The molecular formula is C23H26N2O5. The SMILES string of the molecule is C[C@@H](CC(=O)NC(C)(C)C(=O)O)NC(=O)OCC1c2ccccc2-c2ccccc21. The molecule has 7 heteroatoms. The summed E-state index contributed by atoms with van der Waals surface area (Å²) in [4.78, 5) is 35.4. The minimum atomic E-state index is -1.37. The zero-order valence-corrected chi connectivity index (χ0v) is 17.3. The number of carbonyl (C=O) groups is 3. The molecule has 0 aliphatic heterocycles. The molecule has 3 N–H and O–H groups in total. The van der Waals surface area contributed by atoms with E-state index in [0.717, 1.165) is 22.3 Å². The van der Waals surface area contributed by atoms with Crippen LogP contribution in [0.4, 0.5) is 4.79 Å². The lowest BCUT2D eigenvalue weighted by atomic mass is 9.98. The van der Waals surface area contributed by atoms with Gasteiger partial charge in [0, 0.05) is 18.4 Å². The number of amides is 2. The van der Waals surface area contributed by atoms with Crippen molar-refractivity contribution in [2.24, 2.45) is 0 Å². The van der Waals surface area contributed by atoms with Crippen molar-refractivity contribution in [1.82, 2.24) is 10.6 Å². The summed E-state index contributed by atoms with van der Waals surface area (Å²) in [6.07, 6.45) is -0.671. The van der Waals surface area contributed by atoms with Gasteiger partial charge in [-0.15, -0.1) is 0 Å². The first-order valence-corrected chi connectivity index (χ1v) is 9.85. The number of ether oxygens (including phenoxy) is 1. The van der Waals surface area contributed by atoms with Gasteiger partial charge in [-0.3, -0.25) is 4.79 Å². The summed E-state index contributed by atoms with van der Waals surface area (Å²) in [6.45, 7) is 4.65. The van der Waals surface area contributed by atoms with Crippen LogP contribution >= 0.6 is 0 Å². The van der Waals surface area contributed by atoms with Crippen molar-refractivity contribution < 1.29 is 24.2 Å². The highest BCUT2D eigenvalue weighted by molar-refractivity contribution is 5.86. The number of hydrogen-bond donors (Lipinski definition) is 3. The summed E-state index contributed by atoms with van der Waals surface area (Å²) in [5, 5.41) is 14.1. The molecular weight excluding hydrogens is 384 g/mol. The molecule has 3 rings (SSSR count). The van der Waals surface area contributed by atoms with Gasteiger partial charge in [0.2, 0.25) is 5.91 Å². The third-order valence-electron chi connectivity index (χ3n) is 5.19. The second kappa shape index (κ2) is 8.57. The zero-order valence-electron chi connectivity index (χ0n) is 17.3. The van der Waals surface area contributed by atoms with E-state index in [1.807, 2.05) is 36.4 Å². The van der Waals surface area contributed by atoms with Gasteiger partial charge >= 0.3 is 12.1 Å². The standard InChI is InChI=1S/C23H26N2O5/c1-14(12-20(26)25-23(2,3)21(27)28)24-22(29)30-13-19-17-10-6-4-8-15(17)16-9-5-7-11-18(16)19/h4-11,14,19H,12-13H2,1-3H3,(H,24,29)(H,25,26)(H,27,28)/t14-/m0/s1. The second-order valence-electron chi connectivity index (χ2n) is 8.05. The Labute approximate surface area is 175 Å². The molecule has 0 radical (unpaired) electrons. The maximum Gasteiger partial charge on any atom is 0.407 e. The van der Waals surface area contributed by atoms with Crippen LogP contribution in [0.1, 0.15) is 44.2 Å². The molecule has 0 fully saturated rings. The first-order valence-electron chi connectivity index (χ1n) is 9.85. The molecule has 1 aliphatic rings. The van der Waals surface area contributed by atoms with Crippen molar-refractivity contribution in [1.29, 1.82) is 0 Å². The van der Waals surface area contributed by atoms with E-state index in [1.165, 1.54) is 13.8 Å². The summed E-state index contributed by atoms with van der Waals surface area (Å²) in [6, 6.07) is 15.6. The van der Waals surface area contributed by atoms with Gasteiger partial charge in [0.1, 0.15) is 12.1 Å². The van der Waals surface area contributed by atoms with Crippen LogP contribution in [0, 0.1) is 0 Å². The average molecular weight is 410 g/mol. The molecule has 0 heterocycles. The van der Waals surface area contributed by atoms with E-state index in [9.17, 15) is 14.4 Å². The van der Waals surface area contributed by atoms with E-state index in [0.29, 0.717) is 0 Å². The molecule has 0 saturated carbocycles. The Balaban J connectivity index is 1.55. The number of aliphatic carboxylic acids is 1. The Morgan fingerprint density at radius 2 is 1.57 bits per heavy atom. The van der Waals surface area contributed by atoms with Crippen molar-refractivity contribution in [3.8, 4) is 11.1 Å². The molecule has 0 bridgehead atoms. The predicted molar refractivity (Wildman–Crippen MR) is 112 cm³/mol. The lowest BCUT2D eigenvalue weighted by Gasteiger charge is -2.22. The fourth-order valence-corrected chi connectivity index (χ4v) is 3.62. The fraction of sp³-hybridized carbons (Fsp3) is 0.348. The molecule has 0 unspecified atom stereocenters. The first kappa shape index (κ1) is 21.4. The smallest absolute Gasteiger partial charge is 0.407 e. The number of alkyl carbamates (subject to hydrolysis) is 1. The lowest BCUT2D eigenvalue weighted by Crippen LogP contribution is -2.51. The third-order valence-corrected chi connectivity index (χ3v) is 5.19. The van der Waals surface area contributed by atoms with Crippen LogP contribution in [-0.4, -0.2) is 41.3 Å². The monoisotopic (exact) mass is 410 g/mol. The Bertz CT molecular complexity index is 924. The zero-order chi connectivity index (χ0) is 21.9. The molecule has 2 aromatic rings. The van der Waals surface area contributed by atoms with Crippen molar-refractivity contribution in [3.05, 3.63) is 59.7 Å². The number of nitrogens with one attached hydrogen (secondary N) is 2. The lowest BCUT2D eigenvalue weighted by molar-refractivity contribution is -0.146. The minimum absolute atomic E-state index is 0.0434. The van der Waals surface area contributed by atoms with Gasteiger partial charge in [0.05, 0.1) is 0 Å². The number of rotatable bonds is 7. The molecule has 1 atom stereocenters. The van der Waals surface area contributed by atoms with Gasteiger partial charge in [-0.05, 0) is 43.0 Å². The second-order valence-corrected chi connectivity index (χ2v) is 8.05. The molecule has 1 aliphatic carbocycles. The maximum absolute atomic E-state index is 12.2. The van der Waals surface area contributed by atoms with Crippen LogP contribution in [-0.2, 0) is 14.3 Å². The minimum Gasteiger partial charge on any atom is -0.480 e. The summed E-state index contributed by atoms with van der Waals surface area (Å²) >= 11 is 0. The van der Waals surface area contributed by atoms with E-state index in [1.54, 1.807) is 6.92 Å². The number of fused-ring (bicyclic) bond motifs is 3. The molecule has 2 amide bonds. The van der Waals surface area contributed by atoms with Crippen molar-refractivity contribution in [3.63, 3.8) is 0 Å². The summed E-state index contributed by atoms with van der Waals surface area (Å²) < 4.78 is 5.46. The van der Waals surface area contributed by atoms with Gasteiger partial charge < -0.3 is 20.5 Å². The van der Waals surface area contributed by atoms with Crippen molar-refractivity contribution >= 4 is 18.0 Å². The molecule has 2 aromatic carbocycles. The quantitative estimate of drug-likeness (QED) is 0.650. The number of carboxylic acids is 1. The Hall–Kier alpha value is -3.35. The molecule has 0 spiro atoms. The van der Waals surface area contributed by atoms with Crippen LogP contribution in [0.3, 0.4) is 0 Å². The Morgan fingerprint density at radius 3 is 2.10 bits per heavy atom. The average Bonchev–Trinajstić information content (AvgIpc) is 2.99. The van der Waals surface area contributed by atoms with Crippen molar-refractivity contribution in [2.75, 3.05) is 6.61 Å². The fourth-order valence-electron chi connectivity index (χ4n) is 3.62. The summed E-state index contributed by atoms with van der Waals surface area (Å²) in [7, 11) is 0. The summed E-state index contributed by atoms with van der Waals surface area (Å²) in [5.41, 5.74) is 3.16. The van der Waals surface area contributed by atoms with Crippen LogP contribution in [0.25, 0.3) is 11.1 Å². The van der Waals surface area contributed by atoms with E-state index in [2.05, 4.69) is 22.8 Å². The Kier molecular flexibility index (Phi) is 6.10. The first-order chi connectivity index (χ1) is 14.2. The van der Waals surface area contributed by atoms with Crippen LogP contribution in [0.5, 0.6) is 0 Å². The molecule has 0 aromatic heterocycles. The number of carbonyl (C=O) groups excluding carboxylic acids is 2. The predicted octanol–water partition coefficient (Wildman–Crippen LogP) is 3.28. The largest absolute Gasteiger partial charge is 0.480 e. The highest BCUT2D eigenvalue weighted by Crippen LogP contribution is 2.44. The van der Waals surface area contributed by atoms with E-state index < -0.39 is 29.6 Å². The molecule has 30 heavy (non-hydrogen) atoms. The van der Waals surface area contributed by atoms with Crippen molar-refractivity contribution in [2.45, 2.75) is 44.7 Å². The Morgan fingerprint density at radius 1 is 1.03 bits per heavy atom. The number of carboxylic acid groups (broad SMARTS) is 1. The van der Waals surface area contributed by atoms with Crippen LogP contribution in [0.15, 0.2) is 48.5 Å². The molecule has 158 valence electrons. The van der Waals surface area contributed by atoms with Gasteiger partial charge in [0.25, 0.3) is 0 Å². The van der Waals surface area contributed by atoms with Crippen LogP contribution < -0.4 is 10.6 Å². The number of hydrogen-bond acceptors (Lipinski definition) is 4. The topological polar surface area (TPSA) is 105 Å².